The van der Waals surface area contributed by atoms with Gasteiger partial charge in [0, 0.05) is 0 Å². The largest absolute Gasteiger partial charge is 0.491 e. The van der Waals surface area contributed by atoms with Crippen molar-refractivity contribution < 1.29 is 9.84 Å². The van der Waals surface area contributed by atoms with E-state index in [0.717, 1.165) is 16.9 Å². The van der Waals surface area contributed by atoms with Crippen LogP contribution in [0.5, 0.6) is 5.75 Å². The molecule has 3 heteroatoms. The Hall–Kier alpha value is -2.31. The number of ether oxygens (including phenoxy) is 1. The molecule has 1 N–H and O–H groups in total. The summed E-state index contributed by atoms with van der Waals surface area (Å²) in [6.07, 6.45) is 0. The molecule has 0 spiro atoms. The van der Waals surface area contributed by atoms with Crippen LogP contribution in [0, 0.1) is 11.3 Å². The molecule has 0 saturated carbocycles. The topological polar surface area (TPSA) is 53.2 Å². The minimum Gasteiger partial charge on any atom is -0.491 e. The Bertz CT molecular complexity index is 538. The molecule has 0 atom stereocenters. The van der Waals surface area contributed by atoms with Gasteiger partial charge in [-0.3, -0.25) is 0 Å². The van der Waals surface area contributed by atoms with E-state index < -0.39 is 0 Å². The third kappa shape index (κ3) is 2.88. The van der Waals surface area contributed by atoms with Gasteiger partial charge in [-0.1, -0.05) is 24.3 Å². The van der Waals surface area contributed by atoms with Gasteiger partial charge in [0.15, 0.2) is 0 Å². The average Bonchev–Trinajstić information content (AvgIpc) is 2.46. The van der Waals surface area contributed by atoms with Gasteiger partial charge >= 0.3 is 0 Å². The number of aliphatic hydroxyl groups is 1. The van der Waals surface area contributed by atoms with Gasteiger partial charge in [0.2, 0.25) is 0 Å². The average molecular weight is 239 g/mol. The normalized spacial score (nSPS) is 9.78. The number of rotatable bonds is 4. The molecule has 90 valence electrons. The van der Waals surface area contributed by atoms with Crippen LogP contribution in [-0.4, -0.2) is 18.3 Å². The van der Waals surface area contributed by atoms with Gasteiger partial charge in [-0.2, -0.15) is 5.26 Å². The Morgan fingerprint density at radius 1 is 0.944 bits per heavy atom. The highest BCUT2D eigenvalue weighted by atomic mass is 16.5. The minimum atomic E-state index is 0.0113. The summed E-state index contributed by atoms with van der Waals surface area (Å²) in [7, 11) is 0. The second-order valence-corrected chi connectivity index (χ2v) is 3.79. The minimum absolute atomic E-state index is 0.0113. The van der Waals surface area contributed by atoms with E-state index in [1.807, 2.05) is 36.4 Å². The SMILES string of the molecule is N#Cc1ccc(-c2ccc(OCCO)cc2)cc1. The summed E-state index contributed by atoms with van der Waals surface area (Å²) in [5.74, 6) is 0.737. The van der Waals surface area contributed by atoms with Crippen LogP contribution in [0.2, 0.25) is 0 Å². The fourth-order valence-corrected chi connectivity index (χ4v) is 1.64. The van der Waals surface area contributed by atoms with Crippen LogP contribution in [0.4, 0.5) is 0 Å². The molecule has 0 aliphatic rings. The third-order valence-corrected chi connectivity index (χ3v) is 2.56. The lowest BCUT2D eigenvalue weighted by atomic mass is 10.0. The second-order valence-electron chi connectivity index (χ2n) is 3.79. The summed E-state index contributed by atoms with van der Waals surface area (Å²) in [6, 6.07) is 17.2. The lowest BCUT2D eigenvalue weighted by molar-refractivity contribution is 0.201. The third-order valence-electron chi connectivity index (χ3n) is 2.56. The highest BCUT2D eigenvalue weighted by Crippen LogP contribution is 2.22. The zero-order valence-electron chi connectivity index (χ0n) is 9.84. The van der Waals surface area contributed by atoms with E-state index in [1.54, 1.807) is 12.1 Å². The fraction of sp³-hybridized carbons (Fsp3) is 0.133. The molecule has 0 radical (unpaired) electrons. The number of hydrogen-bond donors (Lipinski definition) is 1. The van der Waals surface area contributed by atoms with E-state index in [9.17, 15) is 0 Å². The van der Waals surface area contributed by atoms with Crippen LogP contribution in [0.3, 0.4) is 0 Å². The molecule has 0 amide bonds. The Balaban J connectivity index is 2.15. The van der Waals surface area contributed by atoms with Crippen molar-refractivity contribution in [1.82, 2.24) is 0 Å². The Morgan fingerprint density at radius 3 is 2.00 bits per heavy atom. The van der Waals surface area contributed by atoms with Crippen LogP contribution < -0.4 is 4.74 Å². The summed E-state index contributed by atoms with van der Waals surface area (Å²) >= 11 is 0. The molecule has 18 heavy (non-hydrogen) atoms. The standard InChI is InChI=1S/C15H13NO2/c16-11-12-1-3-13(4-2-12)14-5-7-15(8-6-14)18-10-9-17/h1-8,17H,9-10H2. The molecular weight excluding hydrogens is 226 g/mol. The number of aliphatic hydroxyl groups excluding tert-OH is 1. The number of nitriles is 1. The van der Waals surface area contributed by atoms with E-state index in [-0.39, 0.29) is 6.61 Å². The van der Waals surface area contributed by atoms with Crippen molar-refractivity contribution >= 4 is 0 Å². The molecule has 0 aromatic heterocycles. The fourth-order valence-electron chi connectivity index (χ4n) is 1.64. The maximum absolute atomic E-state index is 8.73. The predicted molar refractivity (Wildman–Crippen MR) is 69.2 cm³/mol. The van der Waals surface area contributed by atoms with Gasteiger partial charge in [0.25, 0.3) is 0 Å². The van der Waals surface area contributed by atoms with Crippen molar-refractivity contribution in [3.05, 3.63) is 54.1 Å². The molecule has 0 fully saturated rings. The summed E-state index contributed by atoms with van der Waals surface area (Å²) in [6.45, 7) is 0.313. The van der Waals surface area contributed by atoms with Crippen molar-refractivity contribution in [2.75, 3.05) is 13.2 Å². The first kappa shape index (κ1) is 12.2. The zero-order chi connectivity index (χ0) is 12.8. The Morgan fingerprint density at radius 2 is 1.50 bits per heavy atom. The second kappa shape index (κ2) is 5.85. The van der Waals surface area contributed by atoms with E-state index in [0.29, 0.717) is 12.2 Å². The number of benzene rings is 2. The summed E-state index contributed by atoms with van der Waals surface area (Å²) in [5.41, 5.74) is 2.78. The molecule has 0 aliphatic heterocycles. The Kier molecular flexibility index (Phi) is 3.95. The quantitative estimate of drug-likeness (QED) is 0.892. The van der Waals surface area contributed by atoms with Crippen LogP contribution in [0.1, 0.15) is 5.56 Å². The van der Waals surface area contributed by atoms with Gasteiger partial charge in [-0.15, -0.1) is 0 Å². The first-order valence-corrected chi connectivity index (χ1v) is 5.68. The molecule has 0 unspecified atom stereocenters. The van der Waals surface area contributed by atoms with Gasteiger partial charge in [0.05, 0.1) is 18.2 Å². The molecule has 0 saturated heterocycles. The molecule has 3 nitrogen and oxygen atoms in total. The number of nitrogens with zero attached hydrogens (tertiary/aromatic N) is 1. The van der Waals surface area contributed by atoms with Crippen LogP contribution in [0.15, 0.2) is 48.5 Å². The number of hydrogen-bond acceptors (Lipinski definition) is 3. The molecule has 0 heterocycles. The highest BCUT2D eigenvalue weighted by Gasteiger charge is 1.99. The maximum atomic E-state index is 8.73. The lowest BCUT2D eigenvalue weighted by Crippen LogP contribution is -2.01. The molecule has 2 aromatic carbocycles. The van der Waals surface area contributed by atoms with Crippen molar-refractivity contribution in [2.45, 2.75) is 0 Å². The summed E-state index contributed by atoms with van der Waals surface area (Å²) in [5, 5.41) is 17.4. The lowest BCUT2D eigenvalue weighted by Gasteiger charge is -2.06. The van der Waals surface area contributed by atoms with Gasteiger partial charge in [-0.25, -0.2) is 0 Å². The van der Waals surface area contributed by atoms with Gasteiger partial charge in [0.1, 0.15) is 12.4 Å². The molecule has 2 rings (SSSR count). The van der Waals surface area contributed by atoms with E-state index in [4.69, 9.17) is 15.1 Å². The van der Waals surface area contributed by atoms with E-state index >= 15 is 0 Å². The van der Waals surface area contributed by atoms with Gasteiger partial charge in [-0.05, 0) is 35.4 Å². The van der Waals surface area contributed by atoms with Crippen molar-refractivity contribution in [3.8, 4) is 22.9 Å². The zero-order valence-corrected chi connectivity index (χ0v) is 9.84. The first-order valence-electron chi connectivity index (χ1n) is 5.68. The van der Waals surface area contributed by atoms with Crippen LogP contribution in [0.25, 0.3) is 11.1 Å². The van der Waals surface area contributed by atoms with Crippen molar-refractivity contribution in [2.24, 2.45) is 0 Å². The van der Waals surface area contributed by atoms with Crippen LogP contribution >= 0.6 is 0 Å². The van der Waals surface area contributed by atoms with Crippen LogP contribution in [-0.2, 0) is 0 Å². The molecular formula is C15H13NO2. The highest BCUT2D eigenvalue weighted by molar-refractivity contribution is 5.64. The van der Waals surface area contributed by atoms with Gasteiger partial charge < -0.3 is 9.84 Å². The van der Waals surface area contributed by atoms with Crippen molar-refractivity contribution in [1.29, 1.82) is 5.26 Å². The maximum Gasteiger partial charge on any atom is 0.119 e. The smallest absolute Gasteiger partial charge is 0.119 e. The molecule has 0 bridgehead atoms. The summed E-state index contributed by atoms with van der Waals surface area (Å²) in [4.78, 5) is 0. The van der Waals surface area contributed by atoms with Crippen molar-refractivity contribution in [3.63, 3.8) is 0 Å². The Labute approximate surface area is 106 Å². The van der Waals surface area contributed by atoms with E-state index in [1.165, 1.54) is 0 Å². The predicted octanol–water partition coefficient (Wildman–Crippen LogP) is 2.60. The molecule has 2 aromatic rings. The summed E-state index contributed by atoms with van der Waals surface area (Å²) < 4.78 is 5.29. The monoisotopic (exact) mass is 239 g/mol. The van der Waals surface area contributed by atoms with E-state index in [2.05, 4.69) is 6.07 Å². The first-order chi connectivity index (χ1) is 8.83. The molecule has 0 aliphatic carbocycles.